The predicted octanol–water partition coefficient (Wildman–Crippen LogP) is 5.13. The quantitative estimate of drug-likeness (QED) is 0.266. The third-order valence-electron chi connectivity index (χ3n) is 12.5. The van der Waals surface area contributed by atoms with E-state index in [0.717, 1.165) is 44.9 Å². The monoisotopic (exact) mass is 603 g/mol. The average molecular weight is 605 g/mol. The minimum Gasteiger partial charge on any atom is -0.498 e. The topological polar surface area (TPSA) is 77.8 Å². The van der Waals surface area contributed by atoms with Gasteiger partial charge in [0.1, 0.15) is 25.4 Å². The molecule has 2 N–H and O–H groups in total. The minimum atomic E-state index is -0.546. The Morgan fingerprint density at radius 3 is 1.75 bits per heavy atom. The van der Waals surface area contributed by atoms with Crippen LogP contribution in [0.5, 0.6) is 0 Å². The average Bonchev–Trinajstić information content (AvgIpc) is 3.37. The first-order valence-corrected chi connectivity index (χ1v) is 15.2. The second-order valence-corrected chi connectivity index (χ2v) is 14.7. The van der Waals surface area contributed by atoms with E-state index < -0.39 is 12.2 Å². The molecule has 7 nitrogen and oxygen atoms in total. The first-order chi connectivity index (χ1) is 17.9. The first-order valence-electron chi connectivity index (χ1n) is 15.2. The number of hydrogen-bond acceptors (Lipinski definition) is 7. The fraction of sp³-hybridized carbons (Fsp3) is 0.903. The van der Waals surface area contributed by atoms with Gasteiger partial charge in [-0.25, -0.2) is 0 Å². The summed E-state index contributed by atoms with van der Waals surface area (Å²) in [5.74, 6) is 1.47. The van der Waals surface area contributed by atoms with Gasteiger partial charge in [-0.2, -0.15) is 0 Å². The normalized spacial score (nSPS) is 37.8. The first kappa shape index (κ1) is 33.9. The van der Waals surface area contributed by atoms with E-state index in [1.807, 2.05) is 6.26 Å². The highest BCUT2D eigenvalue weighted by Crippen LogP contribution is 2.68. The lowest BCUT2D eigenvalue weighted by atomic mass is 9.69. The molecule has 6 unspecified atom stereocenters. The molecule has 0 radical (unpaired) electrons. The molecule has 5 aliphatic rings. The second-order valence-electron chi connectivity index (χ2n) is 14.7. The molecule has 4 saturated carbocycles. The van der Waals surface area contributed by atoms with Crippen molar-refractivity contribution in [2.75, 3.05) is 52.5 Å². The Morgan fingerprint density at radius 2 is 1.30 bits per heavy atom. The van der Waals surface area contributed by atoms with Gasteiger partial charge in [-0.05, 0) is 72.2 Å². The predicted molar refractivity (Wildman–Crippen MR) is 165 cm³/mol. The summed E-state index contributed by atoms with van der Waals surface area (Å²) < 4.78 is 5.91. The number of hydrogen-bond donors (Lipinski definition) is 2. The molecule has 1 heterocycles. The Balaban J connectivity index is 0.00000220. The number of fused-ring (bicyclic) bond motifs is 4. The van der Waals surface area contributed by atoms with E-state index in [1.54, 1.807) is 0 Å². The van der Waals surface area contributed by atoms with E-state index >= 15 is 0 Å². The second kappa shape index (κ2) is 12.6. The fourth-order valence-electron chi connectivity index (χ4n) is 8.58. The summed E-state index contributed by atoms with van der Waals surface area (Å²) in [5, 5.41) is 25.6. The molecule has 9 heteroatoms. The molecule has 1 aliphatic heterocycles. The van der Waals surface area contributed by atoms with Crippen molar-refractivity contribution in [1.82, 2.24) is 9.80 Å². The summed E-state index contributed by atoms with van der Waals surface area (Å²) in [5.41, 5.74) is 3.63. The van der Waals surface area contributed by atoms with Crippen LogP contribution in [0.1, 0.15) is 80.1 Å². The number of halogens is 2. The number of allylic oxidation sites excluding steroid dienone is 1. The van der Waals surface area contributed by atoms with E-state index in [1.165, 1.54) is 37.0 Å². The number of rotatable bonds is 10. The van der Waals surface area contributed by atoms with Crippen molar-refractivity contribution in [2.45, 2.75) is 92.3 Å². The van der Waals surface area contributed by atoms with Crippen LogP contribution in [0.2, 0.25) is 0 Å². The summed E-state index contributed by atoms with van der Waals surface area (Å²) in [6.07, 6.45) is 8.16. The van der Waals surface area contributed by atoms with Gasteiger partial charge >= 0.3 is 0 Å². The summed E-state index contributed by atoms with van der Waals surface area (Å²) in [4.78, 5) is 10.2. The van der Waals surface area contributed by atoms with Crippen molar-refractivity contribution >= 4 is 30.5 Å². The van der Waals surface area contributed by atoms with Gasteiger partial charge in [0.05, 0.1) is 12.0 Å². The Bertz CT molecular complexity index is 862. The third kappa shape index (κ3) is 5.94. The number of ether oxygens (including phenoxy) is 1. The van der Waals surface area contributed by atoms with Crippen molar-refractivity contribution in [3.63, 3.8) is 0 Å². The van der Waals surface area contributed by atoms with Gasteiger partial charge in [-0.15, -0.1) is 24.8 Å². The van der Waals surface area contributed by atoms with Crippen LogP contribution in [-0.4, -0.2) is 90.4 Å². The van der Waals surface area contributed by atoms with Gasteiger partial charge in [0.15, 0.2) is 0 Å². The molecular weight excluding hydrogens is 549 g/mol. The van der Waals surface area contributed by atoms with Gasteiger partial charge in [-0.1, -0.05) is 46.7 Å². The van der Waals surface area contributed by atoms with E-state index in [2.05, 4.69) is 56.5 Å². The van der Waals surface area contributed by atoms with Crippen LogP contribution in [0, 0.1) is 33.5 Å². The molecule has 0 aromatic rings. The number of aliphatic hydroxyl groups is 2. The molecular formula is C31H55Cl2N3O4. The van der Waals surface area contributed by atoms with E-state index in [-0.39, 0.29) is 47.7 Å². The van der Waals surface area contributed by atoms with Crippen LogP contribution in [-0.2, 0) is 9.57 Å². The molecule has 5 rings (SSSR count). The SMILES string of the molecule is CC12CCC(C/C1=C\OCC(O)CN1CCN(CC(O)CO/N=C3\CC4CCC3(C)C4(C)C)CC1)C2(C)C.Cl.Cl. The number of aliphatic hydroxyl groups excluding tert-OH is 2. The van der Waals surface area contributed by atoms with Gasteiger partial charge in [0.2, 0.25) is 0 Å². The largest absolute Gasteiger partial charge is 0.498 e. The van der Waals surface area contributed by atoms with Crippen molar-refractivity contribution in [3.8, 4) is 0 Å². The highest BCUT2D eigenvalue weighted by atomic mass is 35.5. The summed E-state index contributed by atoms with van der Waals surface area (Å²) >= 11 is 0. The molecule has 40 heavy (non-hydrogen) atoms. The highest BCUT2D eigenvalue weighted by Gasteiger charge is 2.60. The zero-order valence-electron chi connectivity index (χ0n) is 25.7. The molecule has 6 atom stereocenters. The maximum atomic E-state index is 10.6. The molecule has 0 aromatic carbocycles. The number of piperazine rings is 1. The standard InChI is InChI=1S/C31H53N3O4.2ClH/c1-28(2)22-7-9-30(28,5)24(15-22)19-37-20-25(35)17-33-11-13-34(14-12-33)18-26(36)21-38-32-27-16-23-8-10-31(27,6)29(23,3)4;;/h19,22-23,25-26,35-36H,7-18,20-21H2,1-6H3;2*1H/b24-19+,32-27+;;. The fourth-order valence-corrected chi connectivity index (χ4v) is 8.58. The van der Waals surface area contributed by atoms with E-state index in [9.17, 15) is 10.2 Å². The molecule has 4 aliphatic carbocycles. The van der Waals surface area contributed by atoms with Crippen LogP contribution >= 0.6 is 24.8 Å². The smallest absolute Gasteiger partial charge is 0.144 e. The van der Waals surface area contributed by atoms with E-state index in [4.69, 9.17) is 9.57 Å². The van der Waals surface area contributed by atoms with Gasteiger partial charge in [0.25, 0.3) is 0 Å². The summed E-state index contributed by atoms with van der Waals surface area (Å²) in [6.45, 7) is 19.6. The van der Waals surface area contributed by atoms with Crippen LogP contribution in [0.15, 0.2) is 17.0 Å². The number of nitrogens with zero attached hydrogens (tertiary/aromatic N) is 3. The molecule has 5 fully saturated rings. The van der Waals surface area contributed by atoms with Crippen molar-refractivity contribution < 1.29 is 19.8 Å². The maximum absolute atomic E-state index is 10.6. The summed E-state index contributed by atoms with van der Waals surface area (Å²) in [7, 11) is 0. The van der Waals surface area contributed by atoms with Crippen LogP contribution in [0.4, 0.5) is 0 Å². The molecule has 232 valence electrons. The zero-order chi connectivity index (χ0) is 27.3. The minimum absolute atomic E-state index is 0. The number of β-amino-alcohol motifs (C(OH)–C–C–N with tert-alkyl or cyclic N) is 2. The van der Waals surface area contributed by atoms with Crippen molar-refractivity contribution in [1.29, 1.82) is 0 Å². The molecule has 1 saturated heterocycles. The van der Waals surface area contributed by atoms with Gasteiger partial charge < -0.3 is 19.8 Å². The summed E-state index contributed by atoms with van der Waals surface area (Å²) in [6, 6.07) is 0. The van der Waals surface area contributed by atoms with Crippen LogP contribution in [0.3, 0.4) is 0 Å². The highest BCUT2D eigenvalue weighted by molar-refractivity contribution is 5.93. The third-order valence-corrected chi connectivity index (χ3v) is 12.5. The Morgan fingerprint density at radius 1 is 0.800 bits per heavy atom. The van der Waals surface area contributed by atoms with E-state index in [0.29, 0.717) is 31.0 Å². The van der Waals surface area contributed by atoms with Crippen LogP contribution in [0.25, 0.3) is 0 Å². The molecule has 0 amide bonds. The van der Waals surface area contributed by atoms with Crippen molar-refractivity contribution in [3.05, 3.63) is 11.8 Å². The molecule has 4 bridgehead atoms. The lowest BCUT2D eigenvalue weighted by Crippen LogP contribution is -2.51. The maximum Gasteiger partial charge on any atom is 0.144 e. The number of oxime groups is 1. The zero-order valence-corrected chi connectivity index (χ0v) is 27.3. The Hall–Kier alpha value is -0.570. The molecule has 0 spiro atoms. The van der Waals surface area contributed by atoms with Crippen LogP contribution < -0.4 is 0 Å². The Kier molecular flexibility index (Phi) is 10.7. The van der Waals surface area contributed by atoms with Gasteiger partial charge in [-0.3, -0.25) is 9.80 Å². The Labute approximate surface area is 254 Å². The molecule has 0 aromatic heterocycles. The van der Waals surface area contributed by atoms with Crippen molar-refractivity contribution in [2.24, 2.45) is 38.7 Å². The lowest BCUT2D eigenvalue weighted by Gasteiger charge is -2.36. The lowest BCUT2D eigenvalue weighted by molar-refractivity contribution is -0.00100. The van der Waals surface area contributed by atoms with Gasteiger partial charge in [0, 0.05) is 44.7 Å².